The SMILES string of the molecule is CN(C)CCCCNc1ccccc1-c1ccc2c3[nH]ncc3c(=O)n(CC(F)(F)F)c2c1. The van der Waals surface area contributed by atoms with E-state index in [1.54, 1.807) is 12.1 Å². The van der Waals surface area contributed by atoms with E-state index in [0.717, 1.165) is 47.3 Å². The minimum Gasteiger partial charge on any atom is -0.385 e. The van der Waals surface area contributed by atoms with Crippen LogP contribution in [0.4, 0.5) is 18.9 Å². The van der Waals surface area contributed by atoms with E-state index >= 15 is 0 Å². The second kappa shape index (κ2) is 9.27. The molecule has 9 heteroatoms. The maximum absolute atomic E-state index is 13.3. The van der Waals surface area contributed by atoms with Gasteiger partial charge in [0.15, 0.2) is 0 Å². The van der Waals surface area contributed by atoms with E-state index in [9.17, 15) is 18.0 Å². The highest BCUT2D eigenvalue weighted by Gasteiger charge is 2.30. The summed E-state index contributed by atoms with van der Waals surface area (Å²) in [5.74, 6) is 0. The molecule has 0 radical (unpaired) electrons. The molecule has 2 aromatic heterocycles. The third-order valence-electron chi connectivity index (χ3n) is 5.60. The summed E-state index contributed by atoms with van der Waals surface area (Å²) in [4.78, 5) is 15.0. The predicted octanol–water partition coefficient (Wildman–Crippen LogP) is 4.86. The van der Waals surface area contributed by atoms with Crippen LogP contribution in [0.5, 0.6) is 0 Å². The summed E-state index contributed by atoms with van der Waals surface area (Å²) in [6.45, 7) is 0.428. The molecule has 2 heterocycles. The monoisotopic (exact) mass is 457 g/mol. The number of benzene rings is 2. The van der Waals surface area contributed by atoms with Gasteiger partial charge in [0.25, 0.3) is 5.56 Å². The first-order valence-electron chi connectivity index (χ1n) is 10.8. The first-order chi connectivity index (χ1) is 15.7. The number of hydrogen-bond donors (Lipinski definition) is 2. The van der Waals surface area contributed by atoms with Crippen molar-refractivity contribution in [2.75, 3.05) is 32.5 Å². The quantitative estimate of drug-likeness (QED) is 0.371. The molecule has 4 aromatic rings. The molecule has 6 nitrogen and oxygen atoms in total. The van der Waals surface area contributed by atoms with Crippen LogP contribution >= 0.6 is 0 Å². The van der Waals surface area contributed by atoms with Gasteiger partial charge in [-0.2, -0.15) is 18.3 Å². The van der Waals surface area contributed by atoms with Crippen molar-refractivity contribution in [3.05, 3.63) is 59.0 Å². The summed E-state index contributed by atoms with van der Waals surface area (Å²) in [5, 5.41) is 10.7. The average molecular weight is 458 g/mol. The molecule has 174 valence electrons. The Morgan fingerprint density at radius 1 is 1.09 bits per heavy atom. The number of H-pyrrole nitrogens is 1. The van der Waals surface area contributed by atoms with E-state index in [4.69, 9.17) is 0 Å². The molecular formula is C24H26F3N5O. The lowest BCUT2D eigenvalue weighted by Gasteiger charge is -2.16. The van der Waals surface area contributed by atoms with Gasteiger partial charge in [0, 0.05) is 23.2 Å². The maximum Gasteiger partial charge on any atom is 0.406 e. The number of halogens is 3. The average Bonchev–Trinajstić information content (AvgIpc) is 3.26. The Morgan fingerprint density at radius 2 is 1.88 bits per heavy atom. The molecule has 0 amide bonds. The summed E-state index contributed by atoms with van der Waals surface area (Å²) in [7, 11) is 4.08. The highest BCUT2D eigenvalue weighted by Crippen LogP contribution is 2.32. The number of nitrogens with one attached hydrogen (secondary N) is 2. The van der Waals surface area contributed by atoms with Crippen molar-refractivity contribution in [1.82, 2.24) is 19.7 Å². The zero-order valence-corrected chi connectivity index (χ0v) is 18.5. The van der Waals surface area contributed by atoms with Gasteiger partial charge in [0.1, 0.15) is 6.54 Å². The molecule has 0 spiro atoms. The number of aromatic nitrogens is 3. The Kier molecular flexibility index (Phi) is 6.42. The van der Waals surface area contributed by atoms with Crippen LogP contribution in [0, 0.1) is 0 Å². The second-order valence-corrected chi connectivity index (χ2v) is 8.38. The van der Waals surface area contributed by atoms with Crippen LogP contribution in [0.2, 0.25) is 0 Å². The Hall–Kier alpha value is -3.33. The topological polar surface area (TPSA) is 66.0 Å². The van der Waals surface area contributed by atoms with E-state index in [-0.39, 0.29) is 10.9 Å². The number of pyridine rings is 1. The number of para-hydroxylation sites is 1. The maximum atomic E-state index is 13.3. The molecule has 0 bridgehead atoms. The molecule has 0 aliphatic rings. The van der Waals surface area contributed by atoms with Crippen LogP contribution in [0.15, 0.2) is 53.5 Å². The van der Waals surface area contributed by atoms with Gasteiger partial charge in [0.2, 0.25) is 0 Å². The van der Waals surface area contributed by atoms with Crippen molar-refractivity contribution in [1.29, 1.82) is 0 Å². The molecule has 2 N–H and O–H groups in total. The van der Waals surface area contributed by atoms with Gasteiger partial charge < -0.3 is 10.2 Å². The summed E-state index contributed by atoms with van der Waals surface area (Å²) < 4.78 is 40.7. The fourth-order valence-corrected chi connectivity index (χ4v) is 4.04. The van der Waals surface area contributed by atoms with Crippen LogP contribution in [0.25, 0.3) is 32.9 Å². The molecule has 0 saturated carbocycles. The lowest BCUT2D eigenvalue weighted by molar-refractivity contribution is -0.140. The first kappa shape index (κ1) is 22.8. The van der Waals surface area contributed by atoms with Crippen molar-refractivity contribution < 1.29 is 13.2 Å². The summed E-state index contributed by atoms with van der Waals surface area (Å²) >= 11 is 0. The van der Waals surface area contributed by atoms with Crippen molar-refractivity contribution in [2.24, 2.45) is 0 Å². The van der Waals surface area contributed by atoms with Gasteiger partial charge in [-0.1, -0.05) is 30.3 Å². The molecule has 0 aliphatic heterocycles. The van der Waals surface area contributed by atoms with Gasteiger partial charge in [-0.15, -0.1) is 0 Å². The minimum atomic E-state index is -4.53. The van der Waals surface area contributed by atoms with Gasteiger partial charge in [0.05, 0.1) is 22.6 Å². The summed E-state index contributed by atoms with van der Waals surface area (Å²) in [6, 6.07) is 12.9. The number of alkyl halides is 3. The Balaban J connectivity index is 1.75. The fourth-order valence-electron chi connectivity index (χ4n) is 4.04. The number of rotatable bonds is 8. The first-order valence-corrected chi connectivity index (χ1v) is 10.8. The van der Waals surface area contributed by atoms with Crippen molar-refractivity contribution in [3.63, 3.8) is 0 Å². The molecule has 0 saturated heterocycles. The largest absolute Gasteiger partial charge is 0.406 e. The van der Waals surface area contributed by atoms with Crippen molar-refractivity contribution >= 4 is 27.5 Å². The minimum absolute atomic E-state index is 0.138. The highest BCUT2D eigenvalue weighted by molar-refractivity contribution is 6.04. The Bertz CT molecular complexity index is 1320. The van der Waals surface area contributed by atoms with Crippen LogP contribution in [-0.2, 0) is 6.54 Å². The third-order valence-corrected chi connectivity index (χ3v) is 5.60. The van der Waals surface area contributed by atoms with Crippen molar-refractivity contribution in [3.8, 4) is 11.1 Å². The van der Waals surface area contributed by atoms with Crippen LogP contribution in [0.1, 0.15) is 12.8 Å². The number of nitrogens with zero attached hydrogens (tertiary/aromatic N) is 3. The van der Waals surface area contributed by atoms with E-state index in [0.29, 0.717) is 10.9 Å². The molecular weight excluding hydrogens is 431 g/mol. The standard InChI is InChI=1S/C24H26F3N5O/c1-31(2)12-6-5-11-28-20-8-4-3-7-17(20)16-9-10-18-21(13-16)32(15-24(25,26)27)23(33)19-14-29-30-22(18)19/h3-4,7-10,13-14,28H,5-6,11-12,15H2,1-2H3,(H,29,30). The van der Waals surface area contributed by atoms with E-state index in [1.165, 1.54) is 6.20 Å². The Labute approximate surface area is 189 Å². The third kappa shape index (κ3) is 5.03. The van der Waals surface area contributed by atoms with Gasteiger partial charge >= 0.3 is 6.18 Å². The fraction of sp³-hybridized carbons (Fsp3) is 0.333. The number of unbranched alkanes of at least 4 members (excludes halogenated alkanes) is 1. The van der Waals surface area contributed by atoms with Crippen LogP contribution < -0.4 is 10.9 Å². The van der Waals surface area contributed by atoms with E-state index in [2.05, 4.69) is 20.4 Å². The molecule has 4 rings (SSSR count). The molecule has 2 aromatic carbocycles. The van der Waals surface area contributed by atoms with Gasteiger partial charge in [-0.05, 0) is 51.2 Å². The molecule has 0 aliphatic carbocycles. The number of hydrogen-bond acceptors (Lipinski definition) is 4. The van der Waals surface area contributed by atoms with E-state index in [1.807, 2.05) is 44.4 Å². The lowest BCUT2D eigenvalue weighted by atomic mass is 10.0. The van der Waals surface area contributed by atoms with Crippen molar-refractivity contribution in [2.45, 2.75) is 25.6 Å². The number of aromatic amines is 1. The van der Waals surface area contributed by atoms with E-state index < -0.39 is 18.3 Å². The summed E-state index contributed by atoms with van der Waals surface area (Å²) in [6.07, 6.45) is -1.21. The normalized spacial score (nSPS) is 12.2. The molecule has 33 heavy (non-hydrogen) atoms. The second-order valence-electron chi connectivity index (χ2n) is 8.38. The molecule has 0 atom stereocenters. The smallest absolute Gasteiger partial charge is 0.385 e. The zero-order valence-electron chi connectivity index (χ0n) is 18.5. The van der Waals surface area contributed by atoms with Crippen LogP contribution in [-0.4, -0.2) is 53.0 Å². The highest BCUT2D eigenvalue weighted by atomic mass is 19.4. The predicted molar refractivity (Wildman–Crippen MR) is 126 cm³/mol. The number of anilines is 1. The van der Waals surface area contributed by atoms with Gasteiger partial charge in [-0.25, -0.2) is 0 Å². The lowest BCUT2D eigenvalue weighted by Crippen LogP contribution is -2.28. The summed E-state index contributed by atoms with van der Waals surface area (Å²) in [5.41, 5.74) is 2.43. The number of fused-ring (bicyclic) bond motifs is 3. The van der Waals surface area contributed by atoms with Crippen LogP contribution in [0.3, 0.4) is 0 Å². The molecule has 0 fully saturated rings. The van der Waals surface area contributed by atoms with Gasteiger partial charge in [-0.3, -0.25) is 14.5 Å². The zero-order chi connectivity index (χ0) is 23.6. The Morgan fingerprint density at radius 3 is 2.64 bits per heavy atom. The molecule has 0 unspecified atom stereocenters.